The predicted octanol–water partition coefficient (Wildman–Crippen LogP) is 4.41. The average molecular weight is 433 g/mol. The van der Waals surface area contributed by atoms with Crippen molar-refractivity contribution in [1.82, 2.24) is 5.06 Å². The molecule has 0 heterocycles. The van der Waals surface area contributed by atoms with Crippen molar-refractivity contribution in [3.63, 3.8) is 0 Å². The second-order valence-electron chi connectivity index (χ2n) is 7.79. The van der Waals surface area contributed by atoms with E-state index in [-0.39, 0.29) is 11.7 Å². The number of hydrogen-bond acceptors (Lipinski definition) is 6. The van der Waals surface area contributed by atoms with Gasteiger partial charge >= 0.3 is 17.9 Å². The molecule has 0 aliphatic carbocycles. The van der Waals surface area contributed by atoms with Crippen molar-refractivity contribution in [3.8, 4) is 0 Å². The minimum absolute atomic E-state index is 0.174. The van der Waals surface area contributed by atoms with Crippen LogP contribution in [0.1, 0.15) is 31.9 Å². The van der Waals surface area contributed by atoms with E-state index in [9.17, 15) is 9.59 Å². The summed E-state index contributed by atoms with van der Waals surface area (Å²) in [6.07, 6.45) is -1.69. The topological polar surface area (TPSA) is 74.3 Å². The normalized spacial score (nSPS) is 13.2. The maximum absolute atomic E-state index is 16.4. The molecule has 2 rings (SSSR count). The van der Waals surface area contributed by atoms with Gasteiger partial charge in [0, 0.05) is 13.5 Å². The maximum atomic E-state index is 16.4. The molecule has 0 aliphatic rings. The van der Waals surface area contributed by atoms with E-state index in [1.54, 1.807) is 75.4 Å². The van der Waals surface area contributed by atoms with Gasteiger partial charge in [-0.3, -0.25) is 0 Å². The Morgan fingerprint density at radius 1 is 0.935 bits per heavy atom. The Balaban J connectivity index is 2.36. The molecule has 0 saturated heterocycles. The van der Waals surface area contributed by atoms with Gasteiger partial charge in [-0.1, -0.05) is 60.7 Å². The summed E-state index contributed by atoms with van der Waals surface area (Å²) >= 11 is 0. The van der Waals surface area contributed by atoms with Crippen LogP contribution in [0.5, 0.6) is 0 Å². The van der Waals surface area contributed by atoms with Gasteiger partial charge in [-0.25, -0.2) is 18.8 Å². The van der Waals surface area contributed by atoms with E-state index < -0.39 is 36.7 Å². The molecule has 0 saturated carbocycles. The van der Waals surface area contributed by atoms with E-state index >= 15 is 4.39 Å². The first-order valence-electron chi connectivity index (χ1n) is 9.75. The number of halogens is 1. The first-order valence-corrected chi connectivity index (χ1v) is 9.75. The van der Waals surface area contributed by atoms with Crippen molar-refractivity contribution in [3.05, 3.63) is 71.8 Å². The summed E-state index contributed by atoms with van der Waals surface area (Å²) in [5, 5.41) is 0.252. The van der Waals surface area contributed by atoms with Gasteiger partial charge in [0.1, 0.15) is 12.2 Å². The third kappa shape index (κ3) is 7.34. The molecule has 0 fully saturated rings. The van der Waals surface area contributed by atoms with E-state index in [2.05, 4.69) is 0 Å². The first kappa shape index (κ1) is 24.3. The Kier molecular flexibility index (Phi) is 8.53. The highest BCUT2D eigenvalue weighted by Crippen LogP contribution is 2.28. The first-order chi connectivity index (χ1) is 14.7. The SMILES string of the molecule is COCON(C(=O)OC(C)(C)C)[C@](F)(Cc1ccccc1)C(=O)OCc1ccccc1. The summed E-state index contributed by atoms with van der Waals surface area (Å²) < 4.78 is 31.6. The molecule has 0 N–H and O–H groups in total. The summed E-state index contributed by atoms with van der Waals surface area (Å²) in [5.74, 6) is -4.29. The number of nitrogens with zero attached hydrogens (tertiary/aromatic N) is 1. The molecule has 0 aliphatic heterocycles. The molecule has 1 atom stereocenters. The third-order valence-electron chi connectivity index (χ3n) is 3.99. The Bertz CT molecular complexity index is 840. The minimum Gasteiger partial charge on any atom is -0.457 e. The standard InChI is InChI=1S/C23H28FNO6/c1-22(2,3)31-21(27)25(30-17-28-4)23(24,15-18-11-7-5-8-12-18)20(26)29-16-19-13-9-6-10-14-19/h5-14H,15-17H2,1-4H3/t23-/m1/s1. The van der Waals surface area contributed by atoms with Crippen LogP contribution in [0.4, 0.5) is 9.18 Å². The molecule has 168 valence electrons. The van der Waals surface area contributed by atoms with Gasteiger partial charge < -0.3 is 14.2 Å². The zero-order valence-electron chi connectivity index (χ0n) is 18.2. The molecule has 7 nitrogen and oxygen atoms in total. The highest BCUT2D eigenvalue weighted by atomic mass is 19.1. The quantitative estimate of drug-likeness (QED) is 0.252. The van der Waals surface area contributed by atoms with Crippen LogP contribution in [0.3, 0.4) is 0 Å². The Morgan fingerprint density at radius 2 is 1.48 bits per heavy atom. The molecule has 1 amide bonds. The van der Waals surface area contributed by atoms with Crippen molar-refractivity contribution >= 4 is 12.1 Å². The number of esters is 1. The van der Waals surface area contributed by atoms with Crippen molar-refractivity contribution < 1.29 is 33.0 Å². The number of ether oxygens (including phenoxy) is 3. The molecule has 0 spiro atoms. The van der Waals surface area contributed by atoms with E-state index in [1.165, 1.54) is 7.11 Å². The summed E-state index contributed by atoms with van der Waals surface area (Å²) in [6, 6.07) is 17.2. The number of carbonyl (C=O) groups excluding carboxylic acids is 2. The van der Waals surface area contributed by atoms with Gasteiger partial charge in [-0.2, -0.15) is 0 Å². The molecule has 0 unspecified atom stereocenters. The molecular formula is C23H28FNO6. The molecule has 0 aromatic heterocycles. The van der Waals surface area contributed by atoms with Crippen LogP contribution in [-0.4, -0.2) is 42.4 Å². The number of hydroxylamine groups is 2. The van der Waals surface area contributed by atoms with Crippen molar-refractivity contribution in [1.29, 1.82) is 0 Å². The Morgan fingerprint density at radius 3 is 2.00 bits per heavy atom. The summed E-state index contributed by atoms with van der Waals surface area (Å²) in [6.45, 7) is 4.19. The lowest BCUT2D eigenvalue weighted by Gasteiger charge is -2.35. The molecule has 0 bridgehead atoms. The number of benzene rings is 2. The average Bonchev–Trinajstić information content (AvgIpc) is 2.72. The smallest absolute Gasteiger partial charge is 0.438 e. The fraction of sp³-hybridized carbons (Fsp3) is 0.391. The van der Waals surface area contributed by atoms with Gasteiger partial charge in [-0.15, -0.1) is 5.06 Å². The molecule has 31 heavy (non-hydrogen) atoms. The Hall–Kier alpha value is -2.97. The zero-order valence-corrected chi connectivity index (χ0v) is 18.2. The summed E-state index contributed by atoms with van der Waals surface area (Å²) in [4.78, 5) is 30.9. The fourth-order valence-electron chi connectivity index (χ4n) is 2.64. The number of alkyl halides is 1. The van der Waals surface area contributed by atoms with E-state index in [1.807, 2.05) is 6.07 Å². The van der Waals surface area contributed by atoms with Crippen LogP contribution in [0.15, 0.2) is 60.7 Å². The molecule has 8 heteroatoms. The number of hydrogen-bond donors (Lipinski definition) is 0. The van der Waals surface area contributed by atoms with Gasteiger partial charge in [0.2, 0.25) is 0 Å². The van der Waals surface area contributed by atoms with Crippen LogP contribution in [0, 0.1) is 0 Å². The van der Waals surface area contributed by atoms with Crippen LogP contribution in [0.25, 0.3) is 0 Å². The number of carbonyl (C=O) groups is 2. The van der Waals surface area contributed by atoms with Crippen molar-refractivity contribution in [2.24, 2.45) is 0 Å². The van der Waals surface area contributed by atoms with Crippen LogP contribution in [0.2, 0.25) is 0 Å². The maximum Gasteiger partial charge on any atom is 0.438 e. The molecule has 2 aromatic rings. The van der Waals surface area contributed by atoms with Gasteiger partial charge in [-0.05, 0) is 31.9 Å². The molecular weight excluding hydrogens is 405 g/mol. The summed E-state index contributed by atoms with van der Waals surface area (Å²) in [7, 11) is 1.30. The van der Waals surface area contributed by atoms with E-state index in [0.29, 0.717) is 11.1 Å². The summed E-state index contributed by atoms with van der Waals surface area (Å²) in [5.41, 5.74) is 0.170. The lowest BCUT2D eigenvalue weighted by atomic mass is 10.0. The van der Waals surface area contributed by atoms with Gasteiger partial charge in [0.15, 0.2) is 6.79 Å². The van der Waals surface area contributed by atoms with Crippen LogP contribution >= 0.6 is 0 Å². The van der Waals surface area contributed by atoms with Crippen molar-refractivity contribution in [2.75, 3.05) is 13.9 Å². The second-order valence-corrected chi connectivity index (χ2v) is 7.79. The van der Waals surface area contributed by atoms with Crippen molar-refractivity contribution in [2.45, 2.75) is 45.2 Å². The number of amides is 1. The van der Waals surface area contributed by atoms with E-state index in [4.69, 9.17) is 19.0 Å². The third-order valence-corrected chi connectivity index (χ3v) is 3.99. The number of methoxy groups -OCH3 is 1. The predicted molar refractivity (Wildman–Crippen MR) is 111 cm³/mol. The lowest BCUT2D eigenvalue weighted by Crippen LogP contribution is -2.57. The second kappa shape index (κ2) is 10.9. The molecule has 2 aromatic carbocycles. The monoisotopic (exact) mass is 433 g/mol. The van der Waals surface area contributed by atoms with Crippen LogP contribution in [-0.2, 0) is 36.9 Å². The lowest BCUT2D eigenvalue weighted by molar-refractivity contribution is -0.277. The number of rotatable bonds is 9. The Labute approximate surface area is 181 Å². The highest BCUT2D eigenvalue weighted by Gasteiger charge is 2.52. The highest BCUT2D eigenvalue weighted by molar-refractivity contribution is 5.84. The molecule has 0 radical (unpaired) electrons. The minimum atomic E-state index is -3.00. The van der Waals surface area contributed by atoms with Gasteiger partial charge in [0.05, 0.1) is 0 Å². The fourth-order valence-corrected chi connectivity index (χ4v) is 2.64. The zero-order chi connectivity index (χ0) is 22.9. The van der Waals surface area contributed by atoms with Gasteiger partial charge in [0.25, 0.3) is 0 Å². The van der Waals surface area contributed by atoms with E-state index in [0.717, 1.165) is 0 Å². The largest absolute Gasteiger partial charge is 0.457 e. The van der Waals surface area contributed by atoms with Crippen LogP contribution < -0.4 is 0 Å².